The van der Waals surface area contributed by atoms with E-state index >= 15 is 0 Å². The third-order valence-corrected chi connectivity index (χ3v) is 4.99. The summed E-state index contributed by atoms with van der Waals surface area (Å²) < 4.78 is 16.4. The Hall–Kier alpha value is -1.90. The smallest absolute Gasteiger partial charge is 0.263 e. The molecule has 0 spiro atoms. The van der Waals surface area contributed by atoms with Crippen molar-refractivity contribution in [2.45, 2.75) is 27.0 Å². The summed E-state index contributed by atoms with van der Waals surface area (Å²) in [5, 5.41) is 3.75. The van der Waals surface area contributed by atoms with Gasteiger partial charge in [-0.15, -0.1) is 0 Å². The van der Waals surface area contributed by atoms with Crippen LogP contribution in [0.4, 0.5) is 5.13 Å². The lowest BCUT2D eigenvalue weighted by atomic mass is 10.3. The molecule has 1 aliphatic heterocycles. The molecule has 0 bridgehead atoms. The van der Waals surface area contributed by atoms with Crippen LogP contribution in [0.25, 0.3) is 0 Å². The molecule has 1 saturated heterocycles. The van der Waals surface area contributed by atoms with Crippen LogP contribution in [0.2, 0.25) is 0 Å². The minimum atomic E-state index is -0.152. The highest BCUT2D eigenvalue weighted by Gasteiger charge is 2.22. The Labute approximate surface area is 150 Å². The molecule has 0 aromatic carbocycles. The Morgan fingerprint density at radius 3 is 2.88 bits per heavy atom. The number of aromatic nitrogens is 1. The lowest BCUT2D eigenvalue weighted by Crippen LogP contribution is -2.36. The summed E-state index contributed by atoms with van der Waals surface area (Å²) in [6, 6.07) is 3.74. The Morgan fingerprint density at radius 1 is 1.40 bits per heavy atom. The molecule has 3 heterocycles. The first kappa shape index (κ1) is 17.9. The van der Waals surface area contributed by atoms with Gasteiger partial charge in [0.1, 0.15) is 16.4 Å². The fraction of sp³-hybridized carbons (Fsp3) is 0.529. The molecule has 1 amide bonds. The number of nitrogens with zero attached hydrogens (tertiary/aromatic N) is 2. The maximum Gasteiger partial charge on any atom is 0.263 e. The number of carbonyl (C=O) groups excluding carboxylic acids is 1. The summed E-state index contributed by atoms with van der Waals surface area (Å²) in [4.78, 5) is 20.0. The van der Waals surface area contributed by atoms with Crippen LogP contribution in [0.1, 0.15) is 33.8 Å². The van der Waals surface area contributed by atoms with E-state index in [1.807, 2.05) is 26.0 Å². The van der Waals surface area contributed by atoms with E-state index in [-0.39, 0.29) is 5.91 Å². The SMILES string of the molecule is CCOCc1nc(N2CCOCC2)sc1C(=O)NCc1ccc(C)o1. The molecular formula is C17H23N3O4S. The van der Waals surface area contributed by atoms with Gasteiger partial charge < -0.3 is 24.1 Å². The van der Waals surface area contributed by atoms with Crippen LogP contribution >= 0.6 is 11.3 Å². The number of hydrogen-bond donors (Lipinski definition) is 1. The van der Waals surface area contributed by atoms with Gasteiger partial charge in [-0.25, -0.2) is 4.98 Å². The van der Waals surface area contributed by atoms with Crippen molar-refractivity contribution in [3.63, 3.8) is 0 Å². The van der Waals surface area contributed by atoms with Crippen molar-refractivity contribution >= 4 is 22.4 Å². The van der Waals surface area contributed by atoms with E-state index < -0.39 is 0 Å². The van der Waals surface area contributed by atoms with Gasteiger partial charge in [-0.05, 0) is 26.0 Å². The summed E-state index contributed by atoms with van der Waals surface area (Å²) >= 11 is 1.40. The van der Waals surface area contributed by atoms with Crippen LogP contribution in [0.15, 0.2) is 16.5 Å². The second-order valence-corrected chi connectivity index (χ2v) is 6.68. The number of nitrogens with one attached hydrogen (secondary N) is 1. The van der Waals surface area contributed by atoms with E-state index in [1.54, 1.807) is 0 Å². The zero-order valence-electron chi connectivity index (χ0n) is 14.5. The second-order valence-electron chi connectivity index (χ2n) is 5.70. The van der Waals surface area contributed by atoms with Crippen LogP contribution in [0.5, 0.6) is 0 Å². The van der Waals surface area contributed by atoms with Crippen LogP contribution in [-0.4, -0.2) is 43.8 Å². The molecule has 0 atom stereocenters. The molecule has 1 fully saturated rings. The predicted octanol–water partition coefficient (Wildman–Crippen LogP) is 2.35. The molecule has 0 radical (unpaired) electrons. The van der Waals surface area contributed by atoms with E-state index in [2.05, 4.69) is 15.2 Å². The molecule has 8 heteroatoms. The van der Waals surface area contributed by atoms with Crippen molar-refractivity contribution in [1.29, 1.82) is 0 Å². The minimum Gasteiger partial charge on any atom is -0.465 e. The highest BCUT2D eigenvalue weighted by molar-refractivity contribution is 7.17. The summed E-state index contributed by atoms with van der Waals surface area (Å²) in [7, 11) is 0. The first-order valence-corrected chi connectivity index (χ1v) is 9.22. The monoisotopic (exact) mass is 365 g/mol. The molecule has 136 valence electrons. The lowest BCUT2D eigenvalue weighted by Gasteiger charge is -2.26. The number of anilines is 1. The first-order valence-electron chi connectivity index (χ1n) is 8.41. The summed E-state index contributed by atoms with van der Waals surface area (Å²) in [6.07, 6.45) is 0. The highest BCUT2D eigenvalue weighted by Crippen LogP contribution is 2.28. The number of aryl methyl sites for hydroxylation is 1. The standard InChI is InChI=1S/C17H23N3O4S/c1-3-22-11-14-15(16(21)18-10-13-5-4-12(2)24-13)25-17(19-14)20-6-8-23-9-7-20/h4-5H,3,6-11H2,1-2H3,(H,18,21). The van der Waals surface area contributed by atoms with Crippen LogP contribution in [0, 0.1) is 6.92 Å². The van der Waals surface area contributed by atoms with E-state index in [0.29, 0.717) is 43.5 Å². The molecule has 3 rings (SSSR count). The zero-order chi connectivity index (χ0) is 17.6. The molecule has 0 unspecified atom stereocenters. The van der Waals surface area contributed by atoms with E-state index in [4.69, 9.17) is 13.9 Å². The Morgan fingerprint density at radius 2 is 2.20 bits per heavy atom. The largest absolute Gasteiger partial charge is 0.465 e. The molecule has 1 N–H and O–H groups in total. The normalized spacial score (nSPS) is 14.7. The van der Waals surface area contributed by atoms with Crippen molar-refractivity contribution in [2.24, 2.45) is 0 Å². The molecular weight excluding hydrogens is 342 g/mol. The molecule has 0 saturated carbocycles. The number of thiazole rings is 1. The van der Waals surface area contributed by atoms with E-state index in [9.17, 15) is 4.79 Å². The summed E-state index contributed by atoms with van der Waals surface area (Å²) in [5.74, 6) is 1.41. The second kappa shape index (κ2) is 8.46. The molecule has 0 aliphatic carbocycles. The third-order valence-electron chi connectivity index (χ3n) is 3.84. The number of ether oxygens (including phenoxy) is 2. The van der Waals surface area contributed by atoms with Crippen LogP contribution in [-0.2, 0) is 22.6 Å². The van der Waals surface area contributed by atoms with Gasteiger partial charge in [0.15, 0.2) is 5.13 Å². The number of hydrogen-bond acceptors (Lipinski definition) is 7. The van der Waals surface area contributed by atoms with Gasteiger partial charge in [0, 0.05) is 19.7 Å². The number of rotatable bonds is 7. The molecule has 2 aromatic heterocycles. The number of morpholine rings is 1. The molecule has 7 nitrogen and oxygen atoms in total. The van der Waals surface area contributed by atoms with E-state index in [0.717, 1.165) is 29.7 Å². The summed E-state index contributed by atoms with van der Waals surface area (Å²) in [5.41, 5.74) is 0.682. The van der Waals surface area contributed by atoms with Crippen molar-refractivity contribution in [2.75, 3.05) is 37.8 Å². The Bertz CT molecular complexity index is 707. The summed E-state index contributed by atoms with van der Waals surface area (Å²) in [6.45, 7) is 8.00. The van der Waals surface area contributed by atoms with Crippen LogP contribution < -0.4 is 10.2 Å². The lowest BCUT2D eigenvalue weighted by molar-refractivity contribution is 0.0941. The van der Waals surface area contributed by atoms with Gasteiger partial charge >= 0.3 is 0 Å². The van der Waals surface area contributed by atoms with Crippen molar-refractivity contribution in [3.05, 3.63) is 34.2 Å². The molecule has 25 heavy (non-hydrogen) atoms. The average molecular weight is 365 g/mol. The zero-order valence-corrected chi connectivity index (χ0v) is 15.4. The van der Waals surface area contributed by atoms with Gasteiger partial charge in [-0.2, -0.15) is 0 Å². The van der Waals surface area contributed by atoms with Crippen molar-refractivity contribution in [1.82, 2.24) is 10.3 Å². The Kier molecular flexibility index (Phi) is 6.06. The van der Waals surface area contributed by atoms with Gasteiger partial charge in [0.05, 0.1) is 32.1 Å². The average Bonchev–Trinajstić information content (AvgIpc) is 3.25. The molecule has 2 aromatic rings. The van der Waals surface area contributed by atoms with Crippen molar-refractivity contribution < 1.29 is 18.7 Å². The van der Waals surface area contributed by atoms with Crippen molar-refractivity contribution in [3.8, 4) is 0 Å². The van der Waals surface area contributed by atoms with Crippen LogP contribution in [0.3, 0.4) is 0 Å². The van der Waals surface area contributed by atoms with Gasteiger partial charge in [-0.1, -0.05) is 11.3 Å². The fourth-order valence-electron chi connectivity index (χ4n) is 2.53. The maximum atomic E-state index is 12.6. The number of furan rings is 1. The van der Waals surface area contributed by atoms with Gasteiger partial charge in [0.25, 0.3) is 5.91 Å². The topological polar surface area (TPSA) is 76.8 Å². The first-order chi connectivity index (χ1) is 12.2. The highest BCUT2D eigenvalue weighted by atomic mass is 32.1. The van der Waals surface area contributed by atoms with E-state index in [1.165, 1.54) is 11.3 Å². The minimum absolute atomic E-state index is 0.152. The number of carbonyl (C=O) groups is 1. The number of amides is 1. The third kappa shape index (κ3) is 4.59. The maximum absolute atomic E-state index is 12.6. The Balaban J connectivity index is 1.72. The molecule has 1 aliphatic rings. The quantitative estimate of drug-likeness (QED) is 0.812. The predicted molar refractivity (Wildman–Crippen MR) is 95.1 cm³/mol. The van der Waals surface area contributed by atoms with Gasteiger partial charge in [-0.3, -0.25) is 4.79 Å². The van der Waals surface area contributed by atoms with Gasteiger partial charge in [0.2, 0.25) is 0 Å². The fourth-order valence-corrected chi connectivity index (χ4v) is 3.57.